The van der Waals surface area contributed by atoms with Crippen molar-refractivity contribution in [3.05, 3.63) is 29.3 Å². The third-order valence-electron chi connectivity index (χ3n) is 4.05. The van der Waals surface area contributed by atoms with Gasteiger partial charge in [-0.05, 0) is 12.1 Å². The highest BCUT2D eigenvalue weighted by atomic mass is 35.5. The van der Waals surface area contributed by atoms with Gasteiger partial charge in [-0.25, -0.2) is 0 Å². The average Bonchev–Trinajstić information content (AvgIpc) is 2.90. The van der Waals surface area contributed by atoms with Crippen molar-refractivity contribution < 1.29 is 9.59 Å². The van der Waals surface area contributed by atoms with E-state index in [0.29, 0.717) is 17.3 Å². The molecule has 2 fully saturated rings. The second-order valence-electron chi connectivity index (χ2n) is 5.43. The summed E-state index contributed by atoms with van der Waals surface area (Å²) in [5.41, 5.74) is 0.694. The molecule has 120 valence electrons. The standard InChI is InChI=1S/C15H18ClN3O2.ClH/c16-12-3-1-2-4-13(12)19-10-11(9-14(19)20)15(21)18-7-5-17-6-8-18;/h1-4,11,17H,5-10H2;1H. The van der Waals surface area contributed by atoms with E-state index in [9.17, 15) is 9.59 Å². The number of para-hydroxylation sites is 1. The maximum Gasteiger partial charge on any atom is 0.228 e. The zero-order valence-corrected chi connectivity index (χ0v) is 13.7. The number of hydrogen-bond donors (Lipinski definition) is 1. The first-order valence-electron chi connectivity index (χ1n) is 7.21. The van der Waals surface area contributed by atoms with Gasteiger partial charge in [0.25, 0.3) is 0 Å². The lowest BCUT2D eigenvalue weighted by Crippen LogP contribution is -2.48. The quantitative estimate of drug-likeness (QED) is 0.886. The number of nitrogens with one attached hydrogen (secondary N) is 1. The Hall–Kier alpha value is -1.30. The SMILES string of the molecule is Cl.O=C(C1CC(=O)N(c2ccccc2Cl)C1)N1CCNCC1. The fraction of sp³-hybridized carbons (Fsp3) is 0.467. The fourth-order valence-corrected chi connectivity index (χ4v) is 3.16. The number of piperazine rings is 1. The van der Waals surface area contributed by atoms with E-state index in [1.165, 1.54) is 0 Å². The van der Waals surface area contributed by atoms with Gasteiger partial charge in [0.1, 0.15) is 0 Å². The van der Waals surface area contributed by atoms with Crippen LogP contribution in [0.4, 0.5) is 5.69 Å². The van der Waals surface area contributed by atoms with Crippen LogP contribution in [0.5, 0.6) is 0 Å². The third kappa shape index (κ3) is 3.37. The van der Waals surface area contributed by atoms with E-state index >= 15 is 0 Å². The van der Waals surface area contributed by atoms with Crippen molar-refractivity contribution in [2.45, 2.75) is 6.42 Å². The molecule has 1 atom stereocenters. The van der Waals surface area contributed by atoms with E-state index in [-0.39, 0.29) is 36.6 Å². The van der Waals surface area contributed by atoms with Crippen molar-refractivity contribution in [3.8, 4) is 0 Å². The molecule has 2 saturated heterocycles. The van der Waals surface area contributed by atoms with Gasteiger partial charge in [-0.15, -0.1) is 12.4 Å². The van der Waals surface area contributed by atoms with Crippen molar-refractivity contribution >= 4 is 41.5 Å². The molecule has 1 N–H and O–H groups in total. The molecular weight excluding hydrogens is 325 g/mol. The number of carbonyl (C=O) groups excluding carboxylic acids is 2. The number of halogens is 2. The molecule has 0 saturated carbocycles. The molecule has 0 aromatic heterocycles. The van der Waals surface area contributed by atoms with Crippen LogP contribution in [0.3, 0.4) is 0 Å². The molecule has 0 spiro atoms. The lowest BCUT2D eigenvalue weighted by molar-refractivity contribution is -0.136. The van der Waals surface area contributed by atoms with Gasteiger partial charge >= 0.3 is 0 Å². The normalized spacial score (nSPS) is 21.7. The van der Waals surface area contributed by atoms with Crippen molar-refractivity contribution in [2.24, 2.45) is 5.92 Å². The maximum absolute atomic E-state index is 12.5. The number of benzene rings is 1. The molecule has 2 amide bonds. The van der Waals surface area contributed by atoms with Gasteiger partial charge in [-0.1, -0.05) is 23.7 Å². The summed E-state index contributed by atoms with van der Waals surface area (Å²) in [6.07, 6.45) is 0.272. The minimum atomic E-state index is -0.258. The second kappa shape index (κ2) is 7.31. The topological polar surface area (TPSA) is 52.7 Å². The minimum absolute atomic E-state index is 0. The number of rotatable bonds is 2. The Morgan fingerprint density at radius 3 is 2.59 bits per heavy atom. The largest absolute Gasteiger partial charge is 0.340 e. The molecule has 0 bridgehead atoms. The van der Waals surface area contributed by atoms with Crippen molar-refractivity contribution in [1.82, 2.24) is 10.2 Å². The molecule has 22 heavy (non-hydrogen) atoms. The van der Waals surface area contributed by atoms with Crippen LogP contribution in [0.15, 0.2) is 24.3 Å². The third-order valence-corrected chi connectivity index (χ3v) is 4.37. The summed E-state index contributed by atoms with van der Waals surface area (Å²) in [4.78, 5) is 28.2. The van der Waals surface area contributed by atoms with E-state index in [2.05, 4.69) is 5.32 Å². The van der Waals surface area contributed by atoms with Crippen LogP contribution in [-0.2, 0) is 9.59 Å². The van der Waals surface area contributed by atoms with Crippen LogP contribution in [0.2, 0.25) is 5.02 Å². The number of nitrogens with zero attached hydrogens (tertiary/aromatic N) is 2. The second-order valence-corrected chi connectivity index (χ2v) is 5.84. The van der Waals surface area contributed by atoms with Crippen LogP contribution >= 0.6 is 24.0 Å². The Morgan fingerprint density at radius 2 is 1.91 bits per heavy atom. The molecule has 1 unspecified atom stereocenters. The zero-order chi connectivity index (χ0) is 14.8. The van der Waals surface area contributed by atoms with Crippen LogP contribution in [0.1, 0.15) is 6.42 Å². The number of anilines is 1. The molecule has 2 aliphatic rings. The summed E-state index contributed by atoms with van der Waals surface area (Å²) in [7, 11) is 0. The van der Waals surface area contributed by atoms with Gasteiger partial charge in [-0.2, -0.15) is 0 Å². The molecule has 0 aliphatic carbocycles. The fourth-order valence-electron chi connectivity index (χ4n) is 2.92. The highest BCUT2D eigenvalue weighted by molar-refractivity contribution is 6.33. The molecule has 3 rings (SSSR count). The zero-order valence-electron chi connectivity index (χ0n) is 12.1. The number of carbonyl (C=O) groups is 2. The molecule has 1 aromatic rings. The Labute approximate surface area is 141 Å². The van der Waals surface area contributed by atoms with Crippen LogP contribution in [0.25, 0.3) is 0 Å². The van der Waals surface area contributed by atoms with Gasteiger partial charge in [-0.3, -0.25) is 9.59 Å². The first-order chi connectivity index (χ1) is 10.2. The summed E-state index contributed by atoms with van der Waals surface area (Å²) in [6, 6.07) is 7.25. The first kappa shape index (κ1) is 17.1. The molecule has 5 nitrogen and oxygen atoms in total. The van der Waals surface area contributed by atoms with Crippen LogP contribution in [0, 0.1) is 5.92 Å². The van der Waals surface area contributed by atoms with Crippen LogP contribution in [-0.4, -0.2) is 49.4 Å². The molecule has 7 heteroatoms. The number of hydrogen-bond acceptors (Lipinski definition) is 3. The van der Waals surface area contributed by atoms with E-state index in [0.717, 1.165) is 26.2 Å². The number of amides is 2. The van der Waals surface area contributed by atoms with E-state index < -0.39 is 0 Å². The summed E-state index contributed by atoms with van der Waals surface area (Å²) >= 11 is 6.15. The van der Waals surface area contributed by atoms with E-state index in [1.807, 2.05) is 23.1 Å². The summed E-state index contributed by atoms with van der Waals surface area (Å²) in [6.45, 7) is 3.50. The van der Waals surface area contributed by atoms with Crippen molar-refractivity contribution in [1.29, 1.82) is 0 Å². The van der Waals surface area contributed by atoms with E-state index in [4.69, 9.17) is 11.6 Å². The smallest absolute Gasteiger partial charge is 0.228 e. The van der Waals surface area contributed by atoms with Gasteiger partial charge in [0.05, 0.1) is 16.6 Å². The van der Waals surface area contributed by atoms with Crippen molar-refractivity contribution in [2.75, 3.05) is 37.6 Å². The highest BCUT2D eigenvalue weighted by Crippen LogP contribution is 2.31. The van der Waals surface area contributed by atoms with Gasteiger partial charge < -0.3 is 15.1 Å². The van der Waals surface area contributed by atoms with Crippen molar-refractivity contribution in [3.63, 3.8) is 0 Å². The Balaban J connectivity index is 0.00000176. The average molecular weight is 344 g/mol. The molecule has 0 radical (unpaired) electrons. The lowest BCUT2D eigenvalue weighted by atomic mass is 10.1. The molecule has 1 aromatic carbocycles. The summed E-state index contributed by atoms with van der Waals surface area (Å²) in [5.74, 6) is -0.206. The van der Waals surface area contributed by atoms with Gasteiger partial charge in [0.2, 0.25) is 11.8 Å². The Bertz CT molecular complexity index is 561. The van der Waals surface area contributed by atoms with E-state index in [1.54, 1.807) is 11.0 Å². The predicted octanol–water partition coefficient (Wildman–Crippen LogP) is 1.55. The molecular formula is C15H19Cl2N3O2. The minimum Gasteiger partial charge on any atom is -0.340 e. The summed E-state index contributed by atoms with van der Waals surface area (Å²) < 4.78 is 0. The van der Waals surface area contributed by atoms with Gasteiger partial charge in [0, 0.05) is 39.1 Å². The molecule has 2 heterocycles. The maximum atomic E-state index is 12.5. The van der Waals surface area contributed by atoms with Crippen LogP contribution < -0.4 is 10.2 Å². The van der Waals surface area contributed by atoms with Gasteiger partial charge in [0.15, 0.2) is 0 Å². The Morgan fingerprint density at radius 1 is 1.23 bits per heavy atom. The lowest BCUT2D eigenvalue weighted by Gasteiger charge is -2.29. The Kier molecular flexibility index (Phi) is 5.67. The predicted molar refractivity (Wildman–Crippen MR) is 88.6 cm³/mol. The highest BCUT2D eigenvalue weighted by Gasteiger charge is 2.37. The summed E-state index contributed by atoms with van der Waals surface area (Å²) in [5, 5.41) is 3.77. The monoisotopic (exact) mass is 343 g/mol. The first-order valence-corrected chi connectivity index (χ1v) is 7.59. The molecule has 2 aliphatic heterocycles.